The number of fused-ring (bicyclic) bond motifs is 2. The lowest BCUT2D eigenvalue weighted by Crippen LogP contribution is -2.28. The molecule has 1 aromatic heterocycles. The van der Waals surface area contributed by atoms with Crippen LogP contribution in [0.15, 0.2) is 55.6 Å². The molecule has 0 radical (unpaired) electrons. The second kappa shape index (κ2) is 4.11. The molecule has 0 N–H and O–H groups in total. The minimum absolute atomic E-state index is 0.182. The number of aromatic nitrogens is 2. The number of rotatable bonds is 0. The lowest BCUT2D eigenvalue weighted by molar-refractivity contribution is 1.26. The fraction of sp³-hybridized carbons (Fsp3) is 0. The molecular formula is C16H6N2O4. The highest BCUT2D eigenvalue weighted by Gasteiger charge is 2.15. The molecule has 0 unspecified atom stereocenters. The monoisotopic (exact) mass is 290 g/mol. The number of benzene rings is 1. The van der Waals surface area contributed by atoms with Gasteiger partial charge in [0.05, 0.1) is 21.5 Å². The van der Waals surface area contributed by atoms with Crippen molar-refractivity contribution in [2.75, 3.05) is 0 Å². The summed E-state index contributed by atoms with van der Waals surface area (Å²) >= 11 is 0. The average molecular weight is 290 g/mol. The Balaban J connectivity index is 2.52. The first-order chi connectivity index (χ1) is 10.6. The van der Waals surface area contributed by atoms with E-state index in [1.54, 1.807) is 24.3 Å². The second-order valence-corrected chi connectivity index (χ2v) is 4.88. The molecule has 0 saturated carbocycles. The molecule has 6 heteroatoms. The average Bonchev–Trinajstić information content (AvgIpc) is 2.53. The van der Waals surface area contributed by atoms with Gasteiger partial charge in [0.25, 0.3) is 0 Å². The first kappa shape index (κ1) is 12.5. The zero-order valence-corrected chi connectivity index (χ0v) is 11.0. The van der Waals surface area contributed by atoms with E-state index in [1.165, 1.54) is 0 Å². The summed E-state index contributed by atoms with van der Waals surface area (Å²) in [7, 11) is 0. The molecule has 1 aromatic carbocycles. The second-order valence-electron chi connectivity index (χ2n) is 4.88. The third-order valence-corrected chi connectivity index (χ3v) is 3.58. The lowest BCUT2D eigenvalue weighted by atomic mass is 10.1. The maximum Gasteiger partial charge on any atom is 0.218 e. The topological polar surface area (TPSA) is 94.1 Å². The largest absolute Gasteiger partial charge is 0.289 e. The van der Waals surface area contributed by atoms with Gasteiger partial charge in [0, 0.05) is 0 Å². The molecule has 22 heavy (non-hydrogen) atoms. The third-order valence-electron chi connectivity index (χ3n) is 3.58. The van der Waals surface area contributed by atoms with Crippen LogP contribution in [-0.2, 0) is 0 Å². The van der Waals surface area contributed by atoms with Crippen molar-refractivity contribution in [1.82, 2.24) is 9.97 Å². The minimum atomic E-state index is -0.731. The quantitative estimate of drug-likeness (QED) is 0.446. The van der Waals surface area contributed by atoms with Crippen molar-refractivity contribution in [3.63, 3.8) is 0 Å². The molecule has 6 nitrogen and oxygen atoms in total. The van der Waals surface area contributed by atoms with Crippen LogP contribution in [0.25, 0.3) is 22.1 Å². The predicted octanol–water partition coefficient (Wildman–Crippen LogP) is -0.176. The number of nitrogens with zero attached hydrogens (tertiary/aromatic N) is 2. The molecule has 0 saturated heterocycles. The van der Waals surface area contributed by atoms with Gasteiger partial charge in [0.15, 0.2) is 10.9 Å². The van der Waals surface area contributed by atoms with E-state index in [9.17, 15) is 19.2 Å². The summed E-state index contributed by atoms with van der Waals surface area (Å²) in [6, 6.07) is 8.73. The first-order valence-corrected chi connectivity index (χ1v) is 6.45. The van der Waals surface area contributed by atoms with Crippen LogP contribution in [0.5, 0.6) is 0 Å². The van der Waals surface area contributed by atoms with E-state index in [0.29, 0.717) is 11.0 Å². The van der Waals surface area contributed by atoms with Crippen LogP contribution in [0, 0.1) is 10.4 Å². The normalized spacial score (nSPS) is 11.5. The van der Waals surface area contributed by atoms with Crippen molar-refractivity contribution >= 4 is 22.1 Å². The maximum atomic E-state index is 12.5. The Labute approximate surface area is 120 Å². The SMILES string of the molecule is O=c1ccc(=O)c2c(=O)c3nc4ccccc4nc3c(=O)c1=2. The summed E-state index contributed by atoms with van der Waals surface area (Å²) in [5.74, 6) is 0. The Morgan fingerprint density at radius 2 is 1.00 bits per heavy atom. The van der Waals surface area contributed by atoms with Crippen LogP contribution < -0.4 is 21.7 Å². The third kappa shape index (κ3) is 1.49. The van der Waals surface area contributed by atoms with Crippen LogP contribution in [0.1, 0.15) is 0 Å². The van der Waals surface area contributed by atoms with Crippen molar-refractivity contribution in [2.24, 2.45) is 0 Å². The molecule has 0 atom stereocenters. The molecule has 0 fully saturated rings. The van der Waals surface area contributed by atoms with Gasteiger partial charge in [0.1, 0.15) is 11.0 Å². The van der Waals surface area contributed by atoms with E-state index in [1.807, 2.05) is 0 Å². The van der Waals surface area contributed by atoms with Crippen molar-refractivity contribution in [3.05, 3.63) is 87.7 Å². The number of hydrogen-bond donors (Lipinski definition) is 0. The molecule has 0 bridgehead atoms. The molecule has 0 spiro atoms. The highest BCUT2D eigenvalue weighted by molar-refractivity contribution is 5.85. The van der Waals surface area contributed by atoms with Crippen LogP contribution in [0.4, 0.5) is 0 Å². The minimum Gasteiger partial charge on any atom is -0.289 e. The van der Waals surface area contributed by atoms with Gasteiger partial charge in [-0.2, -0.15) is 0 Å². The Bertz CT molecular complexity index is 1250. The number of para-hydroxylation sites is 2. The summed E-state index contributed by atoms with van der Waals surface area (Å²) in [6.45, 7) is 0. The van der Waals surface area contributed by atoms with Crippen LogP contribution >= 0.6 is 0 Å². The standard InChI is InChI=1S/C16H6N2O4/c19-9-5-6-10(20)12-11(9)15(21)13-14(16(12)22)18-8-4-2-1-3-7(8)17-13/h1-6H. The molecule has 2 aliphatic carbocycles. The fourth-order valence-electron chi connectivity index (χ4n) is 2.57. The van der Waals surface area contributed by atoms with E-state index in [-0.39, 0.29) is 11.0 Å². The van der Waals surface area contributed by atoms with E-state index in [2.05, 4.69) is 9.97 Å². The Morgan fingerprint density at radius 1 is 0.591 bits per heavy atom. The fourth-order valence-corrected chi connectivity index (χ4v) is 2.57. The van der Waals surface area contributed by atoms with Gasteiger partial charge in [-0.15, -0.1) is 0 Å². The smallest absolute Gasteiger partial charge is 0.218 e. The predicted molar refractivity (Wildman–Crippen MR) is 79.8 cm³/mol. The van der Waals surface area contributed by atoms with E-state index >= 15 is 0 Å². The van der Waals surface area contributed by atoms with Gasteiger partial charge in [-0.1, -0.05) is 12.1 Å². The highest BCUT2D eigenvalue weighted by atomic mass is 16.1. The Kier molecular flexibility index (Phi) is 2.33. The molecule has 2 aliphatic rings. The zero-order valence-electron chi connectivity index (χ0n) is 11.0. The maximum absolute atomic E-state index is 12.5. The van der Waals surface area contributed by atoms with Crippen molar-refractivity contribution in [3.8, 4) is 0 Å². The van der Waals surface area contributed by atoms with E-state index < -0.39 is 32.2 Å². The molecule has 1 heterocycles. The Hall–Kier alpha value is -3.28. The molecule has 104 valence electrons. The summed E-state index contributed by atoms with van der Waals surface area (Å²) < 4.78 is 0. The van der Waals surface area contributed by atoms with Gasteiger partial charge < -0.3 is 0 Å². The van der Waals surface area contributed by atoms with E-state index in [0.717, 1.165) is 12.1 Å². The summed E-state index contributed by atoms with van der Waals surface area (Å²) in [6.07, 6.45) is 0. The van der Waals surface area contributed by atoms with Crippen LogP contribution in [0.3, 0.4) is 0 Å². The van der Waals surface area contributed by atoms with Gasteiger partial charge in [0.2, 0.25) is 10.9 Å². The number of hydrogen-bond acceptors (Lipinski definition) is 6. The van der Waals surface area contributed by atoms with Crippen molar-refractivity contribution < 1.29 is 0 Å². The van der Waals surface area contributed by atoms with E-state index in [4.69, 9.17) is 0 Å². The Morgan fingerprint density at radius 3 is 1.41 bits per heavy atom. The molecular weight excluding hydrogens is 284 g/mol. The molecule has 4 rings (SSSR count). The zero-order chi connectivity index (χ0) is 15.4. The van der Waals surface area contributed by atoms with Crippen molar-refractivity contribution in [2.45, 2.75) is 0 Å². The van der Waals surface area contributed by atoms with Gasteiger partial charge >= 0.3 is 0 Å². The lowest BCUT2D eigenvalue weighted by Gasteiger charge is -1.99. The van der Waals surface area contributed by atoms with Gasteiger partial charge in [-0.05, 0) is 24.3 Å². The summed E-state index contributed by atoms with van der Waals surface area (Å²) in [5.41, 5.74) is -2.26. The van der Waals surface area contributed by atoms with Gasteiger partial charge in [-0.25, -0.2) is 9.97 Å². The van der Waals surface area contributed by atoms with Gasteiger partial charge in [-0.3, -0.25) is 19.2 Å². The van der Waals surface area contributed by atoms with Crippen LogP contribution in [-0.4, -0.2) is 9.97 Å². The van der Waals surface area contributed by atoms with Crippen molar-refractivity contribution in [1.29, 1.82) is 0 Å². The molecule has 0 amide bonds. The van der Waals surface area contributed by atoms with Crippen LogP contribution in [0.2, 0.25) is 0 Å². The molecule has 0 aliphatic heterocycles. The first-order valence-electron chi connectivity index (χ1n) is 6.45. The summed E-state index contributed by atoms with van der Waals surface area (Å²) in [4.78, 5) is 57.0. The highest BCUT2D eigenvalue weighted by Crippen LogP contribution is 2.10. The molecule has 2 aromatic rings. The summed E-state index contributed by atoms with van der Waals surface area (Å²) in [5, 5.41) is -0.816.